The molecule has 0 spiro atoms. The van der Waals surface area contributed by atoms with Crippen LogP contribution in [0.4, 0.5) is 0 Å². The van der Waals surface area contributed by atoms with E-state index < -0.39 is 0 Å². The van der Waals surface area contributed by atoms with Gasteiger partial charge in [-0.25, -0.2) is 0 Å². The van der Waals surface area contributed by atoms with E-state index in [0.717, 1.165) is 23.4 Å². The summed E-state index contributed by atoms with van der Waals surface area (Å²) >= 11 is 0. The lowest BCUT2D eigenvalue weighted by atomic mass is 10.1. The van der Waals surface area contributed by atoms with Gasteiger partial charge in [0, 0.05) is 11.4 Å². The lowest BCUT2D eigenvalue weighted by Gasteiger charge is -2.00. The fourth-order valence-corrected chi connectivity index (χ4v) is 1.84. The van der Waals surface area contributed by atoms with Crippen molar-refractivity contribution in [1.82, 2.24) is 4.98 Å². The number of hydrogen-bond acceptors (Lipinski definition) is 1. The number of aromatic nitrogens is 1. The van der Waals surface area contributed by atoms with Crippen LogP contribution in [-0.2, 0) is 13.0 Å². The van der Waals surface area contributed by atoms with Gasteiger partial charge in [-0.1, -0.05) is 31.2 Å². The molecule has 0 aliphatic heterocycles. The van der Waals surface area contributed by atoms with Crippen LogP contribution in [0.15, 0.2) is 30.3 Å². The summed E-state index contributed by atoms with van der Waals surface area (Å²) in [7, 11) is 0. The molecule has 0 radical (unpaired) electrons. The monoisotopic (exact) mass is 215 g/mol. The van der Waals surface area contributed by atoms with Gasteiger partial charge in [0.15, 0.2) is 0 Å². The summed E-state index contributed by atoms with van der Waals surface area (Å²) in [6, 6.07) is 10.5. The summed E-state index contributed by atoms with van der Waals surface area (Å²) < 4.78 is 0. The number of benzene rings is 1. The Morgan fingerprint density at radius 1 is 1.19 bits per heavy atom. The van der Waals surface area contributed by atoms with Crippen molar-refractivity contribution in [3.63, 3.8) is 0 Å². The molecule has 1 aromatic carbocycles. The molecular weight excluding hydrogens is 198 g/mol. The Balaban J connectivity index is 2.34. The number of hydrogen-bond donors (Lipinski definition) is 2. The van der Waals surface area contributed by atoms with Crippen LogP contribution < -0.4 is 0 Å². The predicted octanol–water partition coefficient (Wildman–Crippen LogP) is 3.04. The second-order valence-electron chi connectivity index (χ2n) is 4.04. The Morgan fingerprint density at radius 2 is 1.88 bits per heavy atom. The molecule has 0 aliphatic rings. The molecule has 0 unspecified atom stereocenters. The summed E-state index contributed by atoms with van der Waals surface area (Å²) in [4.78, 5) is 3.29. The van der Waals surface area contributed by atoms with E-state index >= 15 is 0 Å². The van der Waals surface area contributed by atoms with E-state index in [4.69, 9.17) is 5.11 Å². The highest BCUT2D eigenvalue weighted by atomic mass is 16.3. The van der Waals surface area contributed by atoms with E-state index in [1.165, 1.54) is 11.1 Å². The molecule has 1 heterocycles. The molecule has 2 N–H and O–H groups in total. The summed E-state index contributed by atoms with van der Waals surface area (Å²) in [5, 5.41) is 9.14. The summed E-state index contributed by atoms with van der Waals surface area (Å²) in [5.41, 5.74) is 5.59. The molecule has 0 saturated heterocycles. The predicted molar refractivity (Wildman–Crippen MR) is 66.3 cm³/mol. The maximum absolute atomic E-state index is 9.14. The minimum absolute atomic E-state index is 0.0926. The zero-order chi connectivity index (χ0) is 11.5. The second-order valence-corrected chi connectivity index (χ2v) is 4.04. The highest BCUT2D eigenvalue weighted by Gasteiger charge is 2.05. The summed E-state index contributed by atoms with van der Waals surface area (Å²) in [5.74, 6) is 0. The summed E-state index contributed by atoms with van der Waals surface area (Å²) in [6.07, 6.45) is 1.06. The van der Waals surface area contributed by atoms with E-state index in [1.807, 2.05) is 13.0 Å². The smallest absolute Gasteiger partial charge is 0.0699 e. The van der Waals surface area contributed by atoms with Crippen LogP contribution in [0, 0.1) is 6.92 Å². The number of rotatable bonds is 3. The van der Waals surface area contributed by atoms with Crippen LogP contribution in [0.3, 0.4) is 0 Å². The normalized spacial score (nSPS) is 10.7. The van der Waals surface area contributed by atoms with E-state index in [1.54, 1.807) is 0 Å². The maximum atomic E-state index is 9.14. The van der Waals surface area contributed by atoms with E-state index in [-0.39, 0.29) is 6.61 Å². The van der Waals surface area contributed by atoms with Gasteiger partial charge < -0.3 is 10.1 Å². The molecule has 1 aromatic heterocycles. The Kier molecular flexibility index (Phi) is 3.11. The van der Waals surface area contributed by atoms with Gasteiger partial charge in [0.25, 0.3) is 0 Å². The van der Waals surface area contributed by atoms with Crippen molar-refractivity contribution in [2.75, 3.05) is 0 Å². The third-order valence-electron chi connectivity index (χ3n) is 2.97. The quantitative estimate of drug-likeness (QED) is 0.811. The van der Waals surface area contributed by atoms with Crippen LogP contribution in [-0.4, -0.2) is 10.1 Å². The molecule has 0 saturated carbocycles. The molecule has 0 bridgehead atoms. The summed E-state index contributed by atoms with van der Waals surface area (Å²) in [6.45, 7) is 4.22. The first-order valence-electron chi connectivity index (χ1n) is 5.63. The third kappa shape index (κ3) is 2.02. The maximum Gasteiger partial charge on any atom is 0.0699 e. The highest BCUT2D eigenvalue weighted by Crippen LogP contribution is 2.22. The lowest BCUT2D eigenvalue weighted by molar-refractivity contribution is 0.281. The van der Waals surface area contributed by atoms with Crippen LogP contribution >= 0.6 is 0 Å². The molecule has 2 rings (SSSR count). The number of aliphatic hydroxyl groups is 1. The van der Waals surface area contributed by atoms with Gasteiger partial charge in [0.1, 0.15) is 0 Å². The number of aromatic amines is 1. The number of aliphatic hydroxyl groups excluding tert-OH is 1. The minimum atomic E-state index is 0.0926. The van der Waals surface area contributed by atoms with Crippen LogP contribution in [0.2, 0.25) is 0 Å². The van der Waals surface area contributed by atoms with Crippen molar-refractivity contribution >= 4 is 0 Å². The van der Waals surface area contributed by atoms with Gasteiger partial charge in [-0.15, -0.1) is 0 Å². The number of aryl methyl sites for hydroxylation is 2. The number of H-pyrrole nitrogens is 1. The first-order chi connectivity index (χ1) is 7.74. The van der Waals surface area contributed by atoms with E-state index in [2.05, 4.69) is 36.2 Å². The van der Waals surface area contributed by atoms with Gasteiger partial charge in [-0.2, -0.15) is 0 Å². The van der Waals surface area contributed by atoms with Crippen LogP contribution in [0.25, 0.3) is 11.3 Å². The molecule has 2 nitrogen and oxygen atoms in total. The average molecular weight is 215 g/mol. The molecule has 0 amide bonds. The van der Waals surface area contributed by atoms with Crippen LogP contribution in [0.5, 0.6) is 0 Å². The zero-order valence-electron chi connectivity index (χ0n) is 9.75. The van der Waals surface area contributed by atoms with Crippen molar-refractivity contribution < 1.29 is 5.11 Å². The molecule has 0 atom stereocenters. The SMILES string of the molecule is CCc1ccc(-c2cc(CO)c(C)[nH]2)cc1. The van der Waals surface area contributed by atoms with Crippen molar-refractivity contribution in [3.05, 3.63) is 47.2 Å². The van der Waals surface area contributed by atoms with Crippen molar-refractivity contribution in [2.24, 2.45) is 0 Å². The van der Waals surface area contributed by atoms with Gasteiger partial charge in [0.05, 0.1) is 6.61 Å². The van der Waals surface area contributed by atoms with E-state index in [9.17, 15) is 0 Å². The van der Waals surface area contributed by atoms with Crippen molar-refractivity contribution in [2.45, 2.75) is 26.9 Å². The molecule has 16 heavy (non-hydrogen) atoms. The first-order valence-corrected chi connectivity index (χ1v) is 5.63. The first kappa shape index (κ1) is 11.0. The van der Waals surface area contributed by atoms with Gasteiger partial charge in [-0.3, -0.25) is 0 Å². The number of nitrogens with one attached hydrogen (secondary N) is 1. The Morgan fingerprint density at radius 3 is 2.38 bits per heavy atom. The molecule has 2 heteroatoms. The van der Waals surface area contributed by atoms with Crippen molar-refractivity contribution in [3.8, 4) is 11.3 Å². The fourth-order valence-electron chi connectivity index (χ4n) is 1.84. The minimum Gasteiger partial charge on any atom is -0.392 e. The Labute approximate surface area is 96.0 Å². The van der Waals surface area contributed by atoms with Gasteiger partial charge >= 0.3 is 0 Å². The van der Waals surface area contributed by atoms with E-state index in [0.29, 0.717) is 0 Å². The van der Waals surface area contributed by atoms with Gasteiger partial charge in [0.2, 0.25) is 0 Å². The molecule has 84 valence electrons. The van der Waals surface area contributed by atoms with Crippen molar-refractivity contribution in [1.29, 1.82) is 0 Å². The lowest BCUT2D eigenvalue weighted by Crippen LogP contribution is -1.82. The fraction of sp³-hybridized carbons (Fsp3) is 0.286. The topological polar surface area (TPSA) is 36.0 Å². The standard InChI is InChI=1S/C14H17NO/c1-3-11-4-6-12(7-5-11)14-8-13(9-16)10(2)15-14/h4-8,15-16H,3,9H2,1-2H3. The zero-order valence-corrected chi connectivity index (χ0v) is 9.75. The van der Waals surface area contributed by atoms with Gasteiger partial charge in [-0.05, 0) is 36.1 Å². The Hall–Kier alpha value is -1.54. The third-order valence-corrected chi connectivity index (χ3v) is 2.97. The average Bonchev–Trinajstić information content (AvgIpc) is 2.71. The molecular formula is C14H17NO. The van der Waals surface area contributed by atoms with Crippen LogP contribution in [0.1, 0.15) is 23.7 Å². The Bertz CT molecular complexity index is 468. The second kappa shape index (κ2) is 4.54. The molecule has 0 aliphatic carbocycles. The highest BCUT2D eigenvalue weighted by molar-refractivity contribution is 5.61. The molecule has 0 fully saturated rings. The largest absolute Gasteiger partial charge is 0.392 e. The molecule has 2 aromatic rings.